The van der Waals surface area contributed by atoms with E-state index in [1.807, 2.05) is 0 Å². The summed E-state index contributed by atoms with van der Waals surface area (Å²) in [4.78, 5) is 54.4. The Morgan fingerprint density at radius 1 is 0.488 bits per heavy atom. The monoisotopic (exact) mass is 1230 g/mol. The van der Waals surface area contributed by atoms with Gasteiger partial charge in [-0.05, 0) is 198 Å². The molecule has 2 N–H and O–H groups in total. The zero-order chi connectivity index (χ0) is 58.9. The number of amides is 2. The minimum absolute atomic E-state index is 0.00695. The first-order valence-electron chi connectivity index (χ1n) is 27.4. The van der Waals surface area contributed by atoms with Gasteiger partial charge < -0.3 is 29.5 Å². The molecule has 4 aliphatic heterocycles. The average molecular weight is 1230 g/mol. The number of ether oxygens (including phenoxy) is 2. The van der Waals surface area contributed by atoms with Crippen LogP contribution < -0.4 is 9.47 Å². The Labute approximate surface area is 488 Å². The summed E-state index contributed by atoms with van der Waals surface area (Å²) in [5.41, 5.74) is 1.06. The van der Waals surface area contributed by atoms with Gasteiger partial charge in [-0.15, -0.1) is 0 Å². The van der Waals surface area contributed by atoms with Crippen LogP contribution in [0.5, 0.6) is 11.5 Å². The summed E-state index contributed by atoms with van der Waals surface area (Å²) in [6, 6.07) is 7.65. The number of alkyl halides is 6. The van der Waals surface area contributed by atoms with Gasteiger partial charge >= 0.3 is 24.3 Å². The molecule has 0 spiro atoms. The molecule has 0 aromatic heterocycles. The molecule has 444 valence electrons. The van der Waals surface area contributed by atoms with Crippen LogP contribution in [-0.4, -0.2) is 130 Å². The largest absolute Gasteiger partial charge is 0.493 e. The normalized spacial score (nSPS) is 21.2. The highest BCUT2D eigenvalue weighted by Crippen LogP contribution is 2.48. The van der Waals surface area contributed by atoms with Crippen LogP contribution in [0, 0.1) is 23.5 Å². The summed E-state index contributed by atoms with van der Waals surface area (Å²) in [6.07, 6.45) is -2.06. The van der Waals surface area contributed by atoms with Crippen molar-refractivity contribution in [2.75, 3.05) is 52.5 Å². The van der Waals surface area contributed by atoms with E-state index in [1.165, 1.54) is 80.3 Å². The fraction of sp³-hybridized carbons (Fsp3) is 0.517. The van der Waals surface area contributed by atoms with Gasteiger partial charge in [0.1, 0.15) is 47.3 Å². The van der Waals surface area contributed by atoms with E-state index in [2.05, 4.69) is 0 Å². The van der Waals surface area contributed by atoms with Gasteiger partial charge in [-0.25, -0.2) is 18.4 Å². The first kappa shape index (κ1) is 61.4. The number of benzene rings is 4. The standard InChI is InChI=1S/2C29H30Cl2F4N2O4/c2*30-19-10-18(11-20(31)12-19)26(29(33,34)35)36-8-5-16(6-9-36)15-41-25-14-23(32)22(13-21(25)17-3-4-17)27(38)37-7-1-2-24(37)28(39)40/h2*10-14,16-17,24,26H,1-9,15H2,(H,39,40)/t24-,26+;24-,26-/m00/s1. The summed E-state index contributed by atoms with van der Waals surface area (Å²) in [7, 11) is 0. The summed E-state index contributed by atoms with van der Waals surface area (Å²) < 4.78 is 127. The SMILES string of the molecule is O=C(O)[C@@H]1CCCN1C(=O)c1cc(C2CC2)c(OCC2CCN([C@@H](c3cc(Cl)cc(Cl)c3)C(F)(F)F)CC2)cc1F.O=C(O)[C@@H]1CCCN1C(=O)c1cc(C2CC2)c(OCC2CCN([C@H](c3cc(Cl)cc(Cl)c3)C(F)(F)F)CC2)cc1F. The predicted octanol–water partition coefficient (Wildman–Crippen LogP) is 14.2. The lowest BCUT2D eigenvalue weighted by atomic mass is 9.94. The minimum Gasteiger partial charge on any atom is -0.493 e. The molecule has 2 aliphatic carbocycles. The molecule has 82 heavy (non-hydrogen) atoms. The van der Waals surface area contributed by atoms with Crippen molar-refractivity contribution >= 4 is 70.2 Å². The summed E-state index contributed by atoms with van der Waals surface area (Å²) in [5.74, 6) is -4.28. The number of nitrogens with zero attached hydrogens (tertiary/aromatic N) is 4. The number of carboxylic acids is 2. The fourth-order valence-electron chi connectivity index (χ4n) is 11.8. The first-order valence-corrected chi connectivity index (χ1v) is 28.9. The summed E-state index contributed by atoms with van der Waals surface area (Å²) in [6.45, 7) is 1.64. The van der Waals surface area contributed by atoms with Crippen molar-refractivity contribution in [3.05, 3.63) is 126 Å². The van der Waals surface area contributed by atoms with E-state index in [4.69, 9.17) is 55.9 Å². The third kappa shape index (κ3) is 14.7. The van der Waals surface area contributed by atoms with Gasteiger partial charge in [0.15, 0.2) is 0 Å². The number of hydrogen-bond donors (Lipinski definition) is 2. The molecule has 2 saturated carbocycles. The van der Waals surface area contributed by atoms with Crippen LogP contribution in [0.2, 0.25) is 20.1 Å². The van der Waals surface area contributed by atoms with E-state index in [1.54, 1.807) is 0 Å². The van der Waals surface area contributed by atoms with Crippen molar-refractivity contribution in [3.63, 3.8) is 0 Å². The number of piperidine rings is 2. The van der Waals surface area contributed by atoms with Crippen LogP contribution in [0.3, 0.4) is 0 Å². The Morgan fingerprint density at radius 3 is 1.11 bits per heavy atom. The maximum atomic E-state index is 15.2. The maximum absolute atomic E-state index is 15.2. The van der Waals surface area contributed by atoms with Gasteiger partial charge in [0.25, 0.3) is 11.8 Å². The smallest absolute Gasteiger partial charge is 0.408 e. The van der Waals surface area contributed by atoms with Crippen LogP contribution >= 0.6 is 46.4 Å². The van der Waals surface area contributed by atoms with Crippen molar-refractivity contribution in [2.24, 2.45) is 11.8 Å². The average Bonchev–Trinajstić information content (AvgIpc) is 4.04. The lowest BCUT2D eigenvalue weighted by molar-refractivity contribution is -0.190. The van der Waals surface area contributed by atoms with Crippen LogP contribution in [0.1, 0.15) is 144 Å². The molecule has 6 aliphatic rings. The highest BCUT2D eigenvalue weighted by Gasteiger charge is 2.48. The van der Waals surface area contributed by atoms with Crippen molar-refractivity contribution in [1.82, 2.24) is 19.6 Å². The van der Waals surface area contributed by atoms with E-state index in [-0.39, 0.29) is 118 Å². The second-order valence-electron chi connectivity index (χ2n) is 22.2. The molecule has 4 atom stereocenters. The third-order valence-electron chi connectivity index (χ3n) is 16.3. The van der Waals surface area contributed by atoms with Gasteiger partial charge in [0.2, 0.25) is 0 Å². The second kappa shape index (κ2) is 25.6. The Balaban J connectivity index is 0.000000198. The molecule has 24 heteroatoms. The molecule has 12 nitrogen and oxygen atoms in total. The molecule has 6 fully saturated rings. The Kier molecular flexibility index (Phi) is 19.2. The van der Waals surface area contributed by atoms with Crippen LogP contribution in [0.15, 0.2) is 60.7 Å². The van der Waals surface area contributed by atoms with Crippen molar-refractivity contribution < 1.29 is 74.0 Å². The molecule has 0 bridgehead atoms. The fourth-order valence-corrected chi connectivity index (χ4v) is 12.9. The lowest BCUT2D eigenvalue weighted by Crippen LogP contribution is -2.44. The van der Waals surface area contributed by atoms with E-state index in [0.29, 0.717) is 74.0 Å². The first-order chi connectivity index (χ1) is 38.8. The van der Waals surface area contributed by atoms with Gasteiger partial charge in [-0.3, -0.25) is 19.4 Å². The van der Waals surface area contributed by atoms with Crippen LogP contribution in [0.4, 0.5) is 35.1 Å². The number of hydrogen-bond acceptors (Lipinski definition) is 8. The number of carbonyl (C=O) groups excluding carboxylic acids is 2. The molecule has 2 amide bonds. The highest BCUT2D eigenvalue weighted by atomic mass is 35.5. The number of rotatable bonds is 16. The molecule has 4 saturated heterocycles. The number of carboxylic acid groups (broad SMARTS) is 2. The Hall–Kier alpha value is -5.12. The topological polar surface area (TPSA) is 140 Å². The number of aliphatic carboxylic acids is 2. The van der Waals surface area contributed by atoms with Crippen molar-refractivity contribution in [3.8, 4) is 11.5 Å². The molecule has 4 aromatic rings. The Morgan fingerprint density at radius 2 is 0.817 bits per heavy atom. The maximum Gasteiger partial charge on any atom is 0.408 e. The predicted molar refractivity (Wildman–Crippen MR) is 290 cm³/mol. The zero-order valence-electron chi connectivity index (χ0n) is 44.2. The van der Waals surface area contributed by atoms with E-state index < -0.39 is 71.9 Å². The molecule has 4 aromatic carbocycles. The zero-order valence-corrected chi connectivity index (χ0v) is 47.2. The number of carbonyl (C=O) groups is 4. The minimum atomic E-state index is -4.52. The quantitative estimate of drug-likeness (QED) is 0.104. The Bertz CT molecular complexity index is 2780. The molecular formula is C58H60Cl4F8N4O8. The molecule has 0 radical (unpaired) electrons. The molecule has 0 unspecified atom stereocenters. The number of likely N-dealkylation sites (tertiary alicyclic amines) is 4. The third-order valence-corrected chi connectivity index (χ3v) is 17.2. The lowest BCUT2D eigenvalue weighted by Gasteiger charge is -2.38. The van der Waals surface area contributed by atoms with Gasteiger partial charge in [0, 0.05) is 45.3 Å². The summed E-state index contributed by atoms with van der Waals surface area (Å²) >= 11 is 23.9. The van der Waals surface area contributed by atoms with Crippen LogP contribution in [0.25, 0.3) is 0 Å². The van der Waals surface area contributed by atoms with E-state index >= 15 is 8.78 Å². The van der Waals surface area contributed by atoms with Crippen molar-refractivity contribution in [1.29, 1.82) is 0 Å². The molecule has 4 heterocycles. The van der Waals surface area contributed by atoms with E-state index in [9.17, 15) is 55.7 Å². The van der Waals surface area contributed by atoms with Crippen molar-refractivity contribution in [2.45, 2.75) is 125 Å². The van der Waals surface area contributed by atoms with Crippen LogP contribution in [-0.2, 0) is 9.59 Å². The highest BCUT2D eigenvalue weighted by molar-refractivity contribution is 6.35. The molecular weight excluding hydrogens is 1170 g/mol. The number of halogens is 12. The van der Waals surface area contributed by atoms with Gasteiger partial charge in [0.05, 0.1) is 24.3 Å². The van der Waals surface area contributed by atoms with Gasteiger partial charge in [-0.1, -0.05) is 46.4 Å². The van der Waals surface area contributed by atoms with Gasteiger partial charge in [-0.2, -0.15) is 26.3 Å². The molecule has 10 rings (SSSR count). The summed E-state index contributed by atoms with van der Waals surface area (Å²) in [5, 5.41) is 19.4. The van der Waals surface area contributed by atoms with E-state index in [0.717, 1.165) is 25.7 Å². The second-order valence-corrected chi connectivity index (χ2v) is 23.9.